The van der Waals surface area contributed by atoms with Gasteiger partial charge in [0.15, 0.2) is 0 Å². The fourth-order valence-corrected chi connectivity index (χ4v) is 3.01. The number of carbonyl (C=O) groups is 1. The maximum atomic E-state index is 13.1. The number of hydrogen-bond donors (Lipinski definition) is 0. The number of aryl methyl sites for hydroxylation is 1. The van der Waals surface area contributed by atoms with Crippen molar-refractivity contribution in [3.8, 4) is 0 Å². The second kappa shape index (κ2) is 8.63. The fraction of sp³-hybridized carbons (Fsp3) is 0.182. The highest BCUT2D eigenvalue weighted by Crippen LogP contribution is 2.17. The van der Waals surface area contributed by atoms with Crippen LogP contribution in [-0.2, 0) is 19.5 Å². The van der Waals surface area contributed by atoms with Crippen LogP contribution < -0.4 is 0 Å². The first kappa shape index (κ1) is 18.2. The molecule has 0 radical (unpaired) electrons. The first-order valence-electron chi connectivity index (χ1n) is 8.67. The van der Waals surface area contributed by atoms with Crippen molar-refractivity contribution in [3.63, 3.8) is 0 Å². The molecule has 1 heterocycles. The Morgan fingerprint density at radius 2 is 1.69 bits per heavy atom. The van der Waals surface area contributed by atoms with Crippen LogP contribution in [0.25, 0.3) is 0 Å². The zero-order valence-corrected chi connectivity index (χ0v) is 15.5. The second-order valence-corrected chi connectivity index (χ2v) is 6.64. The van der Waals surface area contributed by atoms with Crippen LogP contribution in [0, 0.1) is 0 Å². The summed E-state index contributed by atoms with van der Waals surface area (Å²) < 4.78 is 0. The molecule has 0 unspecified atom stereocenters. The minimum atomic E-state index is -0.0454. The van der Waals surface area contributed by atoms with Crippen LogP contribution in [-0.4, -0.2) is 15.8 Å². The topological polar surface area (TPSA) is 33.2 Å². The van der Waals surface area contributed by atoms with Gasteiger partial charge in [0, 0.05) is 36.1 Å². The molecule has 0 saturated carbocycles. The molecule has 0 aliphatic heterocycles. The average molecular weight is 365 g/mol. The molecule has 3 rings (SSSR count). The molecule has 2 aromatic carbocycles. The van der Waals surface area contributed by atoms with E-state index in [0.29, 0.717) is 23.7 Å². The third-order valence-electron chi connectivity index (χ3n) is 4.26. The molecule has 0 aliphatic rings. The molecule has 3 aromatic rings. The Bertz CT molecular complexity index is 863. The highest BCUT2D eigenvalue weighted by atomic mass is 35.5. The normalized spacial score (nSPS) is 10.5. The van der Waals surface area contributed by atoms with Crippen molar-refractivity contribution < 1.29 is 4.79 Å². The van der Waals surface area contributed by atoms with Crippen molar-refractivity contribution in [3.05, 3.63) is 100 Å². The Morgan fingerprint density at radius 3 is 2.35 bits per heavy atom. The summed E-state index contributed by atoms with van der Waals surface area (Å²) in [6, 6.07) is 19.3. The van der Waals surface area contributed by atoms with Gasteiger partial charge in [-0.2, -0.15) is 0 Å². The highest BCUT2D eigenvalue weighted by molar-refractivity contribution is 6.30. The lowest BCUT2D eigenvalue weighted by molar-refractivity contribution is 0.0730. The Balaban J connectivity index is 1.86. The van der Waals surface area contributed by atoms with Crippen LogP contribution in [0.4, 0.5) is 0 Å². The van der Waals surface area contributed by atoms with E-state index in [1.54, 1.807) is 36.7 Å². The van der Waals surface area contributed by atoms with Crippen molar-refractivity contribution in [2.45, 2.75) is 26.4 Å². The number of hydrogen-bond acceptors (Lipinski definition) is 2. The van der Waals surface area contributed by atoms with Crippen LogP contribution in [0.15, 0.2) is 73.1 Å². The van der Waals surface area contributed by atoms with Gasteiger partial charge in [0.25, 0.3) is 5.91 Å². The maximum absolute atomic E-state index is 13.1. The number of carbonyl (C=O) groups excluding carboxylic acids is 1. The Kier molecular flexibility index (Phi) is 6.03. The molecule has 132 valence electrons. The van der Waals surface area contributed by atoms with E-state index >= 15 is 0 Å². The molecule has 4 heteroatoms. The van der Waals surface area contributed by atoms with Crippen LogP contribution >= 0.6 is 11.6 Å². The zero-order valence-electron chi connectivity index (χ0n) is 14.7. The van der Waals surface area contributed by atoms with E-state index < -0.39 is 0 Å². The van der Waals surface area contributed by atoms with Gasteiger partial charge >= 0.3 is 0 Å². The molecular weight excluding hydrogens is 344 g/mol. The monoisotopic (exact) mass is 364 g/mol. The molecular formula is C22H21ClN2O. The third kappa shape index (κ3) is 4.70. The Morgan fingerprint density at radius 1 is 0.962 bits per heavy atom. The minimum absolute atomic E-state index is 0.0454. The summed E-state index contributed by atoms with van der Waals surface area (Å²) in [6.45, 7) is 3.16. The number of benzene rings is 2. The summed E-state index contributed by atoms with van der Waals surface area (Å²) in [5.74, 6) is -0.0454. The van der Waals surface area contributed by atoms with Crippen molar-refractivity contribution >= 4 is 17.5 Å². The van der Waals surface area contributed by atoms with Gasteiger partial charge in [0.1, 0.15) is 0 Å². The summed E-state index contributed by atoms with van der Waals surface area (Å²) in [5, 5.41) is 0.560. The van der Waals surface area contributed by atoms with E-state index in [1.165, 1.54) is 5.56 Å². The maximum Gasteiger partial charge on any atom is 0.254 e. The number of amides is 1. The molecule has 0 N–H and O–H groups in total. The van der Waals surface area contributed by atoms with Gasteiger partial charge in [-0.25, -0.2) is 0 Å². The molecule has 0 saturated heterocycles. The molecule has 0 fully saturated rings. The fourth-order valence-electron chi connectivity index (χ4n) is 2.82. The van der Waals surface area contributed by atoms with E-state index in [1.807, 2.05) is 17.0 Å². The molecule has 0 aliphatic carbocycles. The molecule has 1 aromatic heterocycles. The second-order valence-electron chi connectivity index (χ2n) is 6.20. The molecule has 26 heavy (non-hydrogen) atoms. The Labute approximate surface area is 159 Å². The van der Waals surface area contributed by atoms with Crippen LogP contribution in [0.3, 0.4) is 0 Å². The van der Waals surface area contributed by atoms with Gasteiger partial charge < -0.3 is 4.90 Å². The molecule has 0 spiro atoms. The zero-order chi connectivity index (χ0) is 18.4. The molecule has 1 amide bonds. The smallest absolute Gasteiger partial charge is 0.254 e. The minimum Gasteiger partial charge on any atom is -0.330 e. The Hall–Kier alpha value is -2.65. The summed E-state index contributed by atoms with van der Waals surface area (Å²) in [6.07, 6.45) is 4.52. The van der Waals surface area contributed by atoms with Gasteiger partial charge in [-0.3, -0.25) is 9.78 Å². The van der Waals surface area contributed by atoms with E-state index in [0.717, 1.165) is 17.5 Å². The highest BCUT2D eigenvalue weighted by Gasteiger charge is 2.17. The number of pyridine rings is 1. The van der Waals surface area contributed by atoms with Crippen molar-refractivity contribution in [2.75, 3.05) is 0 Å². The lowest BCUT2D eigenvalue weighted by Gasteiger charge is -2.23. The van der Waals surface area contributed by atoms with Gasteiger partial charge in [0.2, 0.25) is 0 Å². The quantitative estimate of drug-likeness (QED) is 0.606. The molecule has 0 bridgehead atoms. The number of halogens is 1. The van der Waals surface area contributed by atoms with Crippen LogP contribution in [0.2, 0.25) is 5.02 Å². The first-order valence-corrected chi connectivity index (χ1v) is 9.05. The van der Waals surface area contributed by atoms with E-state index in [2.05, 4.69) is 36.2 Å². The number of aromatic nitrogens is 1. The van der Waals surface area contributed by atoms with E-state index in [4.69, 9.17) is 11.6 Å². The van der Waals surface area contributed by atoms with Gasteiger partial charge in [-0.05, 0) is 47.4 Å². The van der Waals surface area contributed by atoms with E-state index in [-0.39, 0.29) is 5.91 Å². The van der Waals surface area contributed by atoms with Crippen molar-refractivity contribution in [1.29, 1.82) is 0 Å². The first-order chi connectivity index (χ1) is 12.7. The lowest BCUT2D eigenvalue weighted by atomic mass is 10.1. The average Bonchev–Trinajstić information content (AvgIpc) is 2.68. The predicted molar refractivity (Wildman–Crippen MR) is 105 cm³/mol. The summed E-state index contributed by atoms with van der Waals surface area (Å²) >= 11 is 6.07. The lowest BCUT2D eigenvalue weighted by Crippen LogP contribution is -2.30. The third-order valence-corrected chi connectivity index (χ3v) is 4.49. The number of rotatable bonds is 6. The van der Waals surface area contributed by atoms with Crippen molar-refractivity contribution in [2.24, 2.45) is 0 Å². The standard InChI is InChI=1S/C22H21ClN2O/c1-2-17-8-10-18(11-9-17)15-25(16-19-5-4-12-24-14-19)22(26)20-6-3-7-21(23)13-20/h3-14H,2,15-16H2,1H3. The van der Waals surface area contributed by atoms with Gasteiger partial charge in [-0.15, -0.1) is 0 Å². The molecule has 3 nitrogen and oxygen atoms in total. The van der Waals surface area contributed by atoms with Crippen LogP contribution in [0.5, 0.6) is 0 Å². The van der Waals surface area contributed by atoms with Gasteiger partial charge in [0.05, 0.1) is 0 Å². The number of nitrogens with zero attached hydrogens (tertiary/aromatic N) is 2. The summed E-state index contributed by atoms with van der Waals surface area (Å²) in [7, 11) is 0. The largest absolute Gasteiger partial charge is 0.330 e. The SMILES string of the molecule is CCc1ccc(CN(Cc2cccnc2)C(=O)c2cccc(Cl)c2)cc1. The summed E-state index contributed by atoms with van der Waals surface area (Å²) in [5.41, 5.74) is 3.97. The van der Waals surface area contributed by atoms with Crippen molar-refractivity contribution in [1.82, 2.24) is 9.88 Å². The molecule has 0 atom stereocenters. The van der Waals surface area contributed by atoms with Crippen LogP contribution in [0.1, 0.15) is 34.0 Å². The van der Waals surface area contributed by atoms with E-state index in [9.17, 15) is 4.79 Å². The predicted octanol–water partition coefficient (Wildman–Crippen LogP) is 5.14. The summed E-state index contributed by atoms with van der Waals surface area (Å²) in [4.78, 5) is 19.1. The van der Waals surface area contributed by atoms with Gasteiger partial charge in [-0.1, -0.05) is 54.9 Å².